The number of hydrogen-bond acceptors (Lipinski definition) is 2. The van der Waals surface area contributed by atoms with Crippen LogP contribution in [-0.4, -0.2) is 5.60 Å². The van der Waals surface area contributed by atoms with Crippen molar-refractivity contribution < 1.29 is 9.13 Å². The van der Waals surface area contributed by atoms with Crippen molar-refractivity contribution in [2.45, 2.75) is 44.1 Å². The van der Waals surface area contributed by atoms with Gasteiger partial charge in [0.15, 0.2) is 0 Å². The first kappa shape index (κ1) is 12.2. The zero-order valence-corrected chi connectivity index (χ0v) is 11.4. The summed E-state index contributed by atoms with van der Waals surface area (Å²) < 4.78 is 19.7. The first-order valence-corrected chi connectivity index (χ1v) is 7.54. The van der Waals surface area contributed by atoms with Crippen molar-refractivity contribution in [1.29, 1.82) is 5.26 Å². The molecule has 0 saturated heterocycles. The van der Waals surface area contributed by atoms with Crippen LogP contribution in [0.4, 0.5) is 4.39 Å². The van der Waals surface area contributed by atoms with Gasteiger partial charge in [-0.1, -0.05) is 0 Å². The number of ether oxygens (including phenoxy) is 1. The number of benzene rings is 1. The predicted octanol–water partition coefficient (Wildman–Crippen LogP) is 4.04. The fourth-order valence-corrected chi connectivity index (χ4v) is 5.06. The van der Waals surface area contributed by atoms with E-state index >= 15 is 0 Å². The Labute approximate surface area is 118 Å². The molecule has 0 amide bonds. The van der Waals surface area contributed by atoms with Crippen molar-refractivity contribution in [2.75, 3.05) is 0 Å². The zero-order valence-electron chi connectivity index (χ0n) is 11.4. The van der Waals surface area contributed by atoms with Crippen LogP contribution >= 0.6 is 0 Å². The Kier molecular flexibility index (Phi) is 2.57. The lowest BCUT2D eigenvalue weighted by Crippen LogP contribution is -2.53. The molecule has 1 aromatic carbocycles. The van der Waals surface area contributed by atoms with E-state index < -0.39 is 0 Å². The van der Waals surface area contributed by atoms with Gasteiger partial charge < -0.3 is 4.74 Å². The van der Waals surface area contributed by atoms with Crippen LogP contribution in [0.25, 0.3) is 0 Å². The third-order valence-electron chi connectivity index (χ3n) is 5.37. The van der Waals surface area contributed by atoms with Gasteiger partial charge >= 0.3 is 0 Å². The summed E-state index contributed by atoms with van der Waals surface area (Å²) >= 11 is 0. The molecular weight excluding hydrogens is 253 g/mol. The van der Waals surface area contributed by atoms with Gasteiger partial charge in [-0.3, -0.25) is 0 Å². The minimum Gasteiger partial charge on any atom is -0.486 e. The van der Waals surface area contributed by atoms with Crippen LogP contribution in [0, 0.1) is 34.9 Å². The summed E-state index contributed by atoms with van der Waals surface area (Å²) in [5.74, 6) is 2.44. The van der Waals surface area contributed by atoms with Crippen molar-refractivity contribution in [1.82, 2.24) is 0 Å². The van der Waals surface area contributed by atoms with Gasteiger partial charge in [0.1, 0.15) is 23.2 Å². The number of nitriles is 1. The molecule has 4 saturated carbocycles. The van der Waals surface area contributed by atoms with Gasteiger partial charge in [-0.25, -0.2) is 4.39 Å². The first-order chi connectivity index (χ1) is 9.66. The standard InChI is InChI=1S/C17H18FNO/c18-15-2-1-14(10-19)16(6-15)20-17-7-11-3-12(8-17)5-13(4-11)9-17/h1-2,6,11-13H,3-5,7-9H2. The quantitative estimate of drug-likeness (QED) is 0.813. The molecule has 0 atom stereocenters. The lowest BCUT2D eigenvalue weighted by Gasteiger charge is -2.56. The number of nitrogens with zero attached hydrogens (tertiary/aromatic N) is 1. The molecule has 1 aromatic rings. The van der Waals surface area contributed by atoms with Crippen LogP contribution < -0.4 is 4.74 Å². The Bertz CT molecular complexity index is 554. The maximum atomic E-state index is 13.5. The highest BCUT2D eigenvalue weighted by Crippen LogP contribution is 2.57. The summed E-state index contributed by atoms with van der Waals surface area (Å²) in [6, 6.07) is 6.33. The Morgan fingerprint density at radius 2 is 1.70 bits per heavy atom. The molecule has 4 fully saturated rings. The molecule has 0 radical (unpaired) electrons. The van der Waals surface area contributed by atoms with Gasteiger partial charge in [0.2, 0.25) is 0 Å². The SMILES string of the molecule is N#Cc1ccc(F)cc1OC12CC3CC(CC(C3)C1)C2. The van der Waals surface area contributed by atoms with Crippen molar-refractivity contribution in [3.05, 3.63) is 29.6 Å². The maximum absolute atomic E-state index is 13.5. The molecule has 4 bridgehead atoms. The fraction of sp³-hybridized carbons (Fsp3) is 0.588. The number of hydrogen-bond donors (Lipinski definition) is 0. The summed E-state index contributed by atoms with van der Waals surface area (Å²) in [5, 5.41) is 9.17. The van der Waals surface area contributed by atoms with E-state index in [2.05, 4.69) is 6.07 Å². The molecule has 0 heterocycles. The molecular formula is C17H18FNO. The van der Waals surface area contributed by atoms with Crippen LogP contribution in [0.2, 0.25) is 0 Å². The second-order valence-electron chi connectivity index (χ2n) is 6.95. The minimum absolute atomic E-state index is 0.131. The van der Waals surface area contributed by atoms with Crippen molar-refractivity contribution in [3.63, 3.8) is 0 Å². The molecule has 0 aromatic heterocycles. The highest BCUT2D eigenvalue weighted by molar-refractivity contribution is 5.43. The molecule has 0 aliphatic heterocycles. The average Bonchev–Trinajstić information content (AvgIpc) is 2.36. The lowest BCUT2D eigenvalue weighted by molar-refractivity contribution is -0.107. The van der Waals surface area contributed by atoms with E-state index in [1.54, 1.807) is 0 Å². The van der Waals surface area contributed by atoms with E-state index in [0.29, 0.717) is 11.3 Å². The molecule has 104 valence electrons. The lowest BCUT2D eigenvalue weighted by atomic mass is 9.54. The van der Waals surface area contributed by atoms with E-state index in [-0.39, 0.29) is 11.4 Å². The first-order valence-electron chi connectivity index (χ1n) is 7.54. The molecule has 0 spiro atoms. The zero-order chi connectivity index (χ0) is 13.7. The van der Waals surface area contributed by atoms with E-state index in [4.69, 9.17) is 10.00 Å². The van der Waals surface area contributed by atoms with Crippen LogP contribution in [0.3, 0.4) is 0 Å². The van der Waals surface area contributed by atoms with E-state index in [9.17, 15) is 4.39 Å². The van der Waals surface area contributed by atoms with Crippen LogP contribution in [-0.2, 0) is 0 Å². The Balaban J connectivity index is 1.66. The summed E-state index contributed by atoms with van der Waals surface area (Å²) in [5.41, 5.74) is 0.316. The summed E-state index contributed by atoms with van der Waals surface area (Å²) in [4.78, 5) is 0. The number of rotatable bonds is 2. The molecule has 20 heavy (non-hydrogen) atoms. The van der Waals surface area contributed by atoms with Gasteiger partial charge in [0.05, 0.1) is 5.56 Å². The predicted molar refractivity (Wildman–Crippen MR) is 72.6 cm³/mol. The van der Waals surface area contributed by atoms with E-state index in [0.717, 1.165) is 37.0 Å². The van der Waals surface area contributed by atoms with Crippen LogP contribution in [0.5, 0.6) is 5.75 Å². The molecule has 0 unspecified atom stereocenters. The second-order valence-corrected chi connectivity index (χ2v) is 6.95. The average molecular weight is 271 g/mol. The van der Waals surface area contributed by atoms with Crippen molar-refractivity contribution in [3.8, 4) is 11.8 Å². The Morgan fingerprint density at radius 1 is 1.10 bits per heavy atom. The van der Waals surface area contributed by atoms with Crippen molar-refractivity contribution >= 4 is 0 Å². The molecule has 2 nitrogen and oxygen atoms in total. The molecule has 5 rings (SSSR count). The summed E-state index contributed by atoms with van der Waals surface area (Å²) in [6.45, 7) is 0. The second kappa shape index (κ2) is 4.22. The molecule has 3 heteroatoms. The van der Waals surface area contributed by atoms with Crippen LogP contribution in [0.1, 0.15) is 44.1 Å². The monoisotopic (exact) mass is 271 g/mol. The van der Waals surface area contributed by atoms with Gasteiger partial charge in [0.25, 0.3) is 0 Å². The molecule has 4 aliphatic rings. The van der Waals surface area contributed by atoms with E-state index in [1.165, 1.54) is 37.5 Å². The van der Waals surface area contributed by atoms with Crippen molar-refractivity contribution in [2.24, 2.45) is 17.8 Å². The smallest absolute Gasteiger partial charge is 0.140 e. The molecule has 0 N–H and O–H groups in total. The Morgan fingerprint density at radius 3 is 2.25 bits per heavy atom. The summed E-state index contributed by atoms with van der Waals surface area (Å²) in [7, 11) is 0. The Hall–Kier alpha value is -1.56. The number of halogens is 1. The van der Waals surface area contributed by atoms with E-state index in [1.807, 2.05) is 0 Å². The highest BCUT2D eigenvalue weighted by atomic mass is 19.1. The molecule has 4 aliphatic carbocycles. The topological polar surface area (TPSA) is 33.0 Å². The van der Waals surface area contributed by atoms with Crippen LogP contribution in [0.15, 0.2) is 18.2 Å². The van der Waals surface area contributed by atoms with Gasteiger partial charge in [-0.15, -0.1) is 0 Å². The fourth-order valence-electron chi connectivity index (χ4n) is 5.06. The minimum atomic E-state index is -0.330. The largest absolute Gasteiger partial charge is 0.486 e. The van der Waals surface area contributed by atoms with Gasteiger partial charge in [-0.2, -0.15) is 5.26 Å². The van der Waals surface area contributed by atoms with Gasteiger partial charge in [0, 0.05) is 6.07 Å². The normalized spacial score (nSPS) is 37.7. The third-order valence-corrected chi connectivity index (χ3v) is 5.37. The highest BCUT2D eigenvalue weighted by Gasteiger charge is 2.52. The van der Waals surface area contributed by atoms with Gasteiger partial charge in [-0.05, 0) is 68.4 Å². The maximum Gasteiger partial charge on any atom is 0.140 e. The summed E-state index contributed by atoms with van der Waals surface area (Å²) in [6.07, 6.45) is 7.28. The third kappa shape index (κ3) is 1.90.